The fraction of sp³-hybridized carbons (Fsp3) is 0.0196. The van der Waals surface area contributed by atoms with Gasteiger partial charge in [-0.25, -0.2) is 0 Å². The lowest BCUT2D eigenvalue weighted by Gasteiger charge is -2.34. The van der Waals surface area contributed by atoms with Crippen LogP contribution in [-0.2, 0) is 5.41 Å². The Labute approximate surface area is 297 Å². The molecule has 236 valence electrons. The third kappa shape index (κ3) is 3.91. The second-order valence-corrected chi connectivity index (χ2v) is 14.0. The van der Waals surface area contributed by atoms with E-state index in [1.165, 1.54) is 98.7 Å². The van der Waals surface area contributed by atoms with Crippen LogP contribution in [0.25, 0.3) is 76.5 Å². The molecule has 1 aliphatic rings. The molecule has 51 heavy (non-hydrogen) atoms. The zero-order valence-electron chi connectivity index (χ0n) is 28.0. The molecular formula is C51H32. The molecule has 0 bridgehead atoms. The van der Waals surface area contributed by atoms with Crippen LogP contribution >= 0.6 is 0 Å². The van der Waals surface area contributed by atoms with Crippen LogP contribution in [-0.4, -0.2) is 0 Å². The second kappa shape index (κ2) is 10.7. The number of hydrogen-bond acceptors (Lipinski definition) is 0. The molecule has 0 unspecified atom stereocenters. The lowest BCUT2D eigenvalue weighted by molar-refractivity contribution is 0.769. The van der Waals surface area contributed by atoms with Crippen molar-refractivity contribution >= 4 is 43.1 Å². The van der Waals surface area contributed by atoms with E-state index in [-0.39, 0.29) is 0 Å². The molecule has 0 radical (unpaired) electrons. The summed E-state index contributed by atoms with van der Waals surface area (Å²) in [7, 11) is 0. The minimum atomic E-state index is -0.477. The number of benzene rings is 10. The predicted octanol–water partition coefficient (Wildman–Crippen LogP) is 13.4. The summed E-state index contributed by atoms with van der Waals surface area (Å²) in [5.74, 6) is 0. The number of hydrogen-bond donors (Lipinski definition) is 0. The Morgan fingerprint density at radius 2 is 0.882 bits per heavy atom. The Hall–Kier alpha value is -6.50. The van der Waals surface area contributed by atoms with Gasteiger partial charge in [0.2, 0.25) is 0 Å². The van der Waals surface area contributed by atoms with E-state index in [4.69, 9.17) is 0 Å². The second-order valence-electron chi connectivity index (χ2n) is 14.0. The first-order chi connectivity index (χ1) is 25.3. The Morgan fingerprint density at radius 1 is 0.294 bits per heavy atom. The molecule has 0 fully saturated rings. The van der Waals surface area contributed by atoms with E-state index in [0.29, 0.717) is 0 Å². The standard InChI is InChI=1S/C51H32/c1-4-13-33(14-5-1)48-42-29-27-37(41-28-25-36-24-23-34-15-12-16-35-26-30-43(41)49(36)47(34)35)31-38(42)32-46-50(48)44-21-10-11-22-45(44)51(46,39-17-6-2-7-18-39)40-19-8-3-9-20-40/h1-32H. The maximum Gasteiger partial charge on any atom is 0.0714 e. The van der Waals surface area contributed by atoms with Crippen molar-refractivity contribution in [1.29, 1.82) is 0 Å². The SMILES string of the molecule is c1ccc(-c2c3c(cc4cc(-c5ccc6ccc7cccc8ccc5c6c78)ccc24)C(c2ccccc2)(c2ccccc2)c2ccccc2-3)cc1. The normalized spacial score (nSPS) is 13.3. The maximum absolute atomic E-state index is 2.51. The van der Waals surface area contributed by atoms with Crippen molar-refractivity contribution in [1.82, 2.24) is 0 Å². The summed E-state index contributed by atoms with van der Waals surface area (Å²) in [5.41, 5.74) is 12.4. The van der Waals surface area contributed by atoms with Crippen LogP contribution in [0.4, 0.5) is 0 Å². The van der Waals surface area contributed by atoms with E-state index in [1.54, 1.807) is 0 Å². The summed E-state index contributed by atoms with van der Waals surface area (Å²) in [4.78, 5) is 0. The third-order valence-electron chi connectivity index (χ3n) is 11.5. The number of fused-ring (bicyclic) bond motifs is 4. The Kier molecular flexibility index (Phi) is 5.97. The highest BCUT2D eigenvalue weighted by molar-refractivity contribution is 6.25. The van der Waals surface area contributed by atoms with Crippen LogP contribution in [0.3, 0.4) is 0 Å². The van der Waals surface area contributed by atoms with Gasteiger partial charge in [0.15, 0.2) is 0 Å². The van der Waals surface area contributed by atoms with Crippen molar-refractivity contribution in [3.05, 3.63) is 216 Å². The van der Waals surface area contributed by atoms with Crippen molar-refractivity contribution in [2.45, 2.75) is 5.41 Å². The Balaban J connectivity index is 1.27. The van der Waals surface area contributed by atoms with Crippen molar-refractivity contribution in [3.8, 4) is 33.4 Å². The average Bonchev–Trinajstić information content (AvgIpc) is 3.50. The lowest BCUT2D eigenvalue weighted by atomic mass is 9.67. The molecule has 0 saturated carbocycles. The maximum atomic E-state index is 2.51. The molecule has 0 heteroatoms. The minimum absolute atomic E-state index is 0.477. The monoisotopic (exact) mass is 644 g/mol. The van der Waals surface area contributed by atoms with Crippen LogP contribution < -0.4 is 0 Å². The fourth-order valence-corrected chi connectivity index (χ4v) is 9.38. The zero-order chi connectivity index (χ0) is 33.5. The van der Waals surface area contributed by atoms with Gasteiger partial charge >= 0.3 is 0 Å². The van der Waals surface area contributed by atoms with Crippen molar-refractivity contribution in [2.24, 2.45) is 0 Å². The molecule has 0 aliphatic heterocycles. The summed E-state index contributed by atoms with van der Waals surface area (Å²) in [6.07, 6.45) is 0. The molecular weight excluding hydrogens is 613 g/mol. The quantitative estimate of drug-likeness (QED) is 0.167. The number of rotatable bonds is 4. The first-order valence-corrected chi connectivity index (χ1v) is 17.9. The lowest BCUT2D eigenvalue weighted by Crippen LogP contribution is -2.28. The van der Waals surface area contributed by atoms with Gasteiger partial charge in [0, 0.05) is 0 Å². The van der Waals surface area contributed by atoms with E-state index < -0.39 is 5.41 Å². The third-order valence-corrected chi connectivity index (χ3v) is 11.5. The molecule has 10 aromatic carbocycles. The molecule has 0 N–H and O–H groups in total. The van der Waals surface area contributed by atoms with Gasteiger partial charge in [0.1, 0.15) is 0 Å². The Morgan fingerprint density at radius 3 is 1.61 bits per heavy atom. The molecule has 0 amide bonds. The van der Waals surface area contributed by atoms with Crippen LogP contribution in [0.15, 0.2) is 194 Å². The molecule has 0 nitrogen and oxygen atoms in total. The molecule has 0 spiro atoms. The smallest absolute Gasteiger partial charge is 0.0622 e. The average molecular weight is 645 g/mol. The van der Waals surface area contributed by atoms with Gasteiger partial charge in [0.25, 0.3) is 0 Å². The van der Waals surface area contributed by atoms with Gasteiger partial charge < -0.3 is 0 Å². The van der Waals surface area contributed by atoms with E-state index >= 15 is 0 Å². The summed E-state index contributed by atoms with van der Waals surface area (Å²) in [6, 6.07) is 72.4. The van der Waals surface area contributed by atoms with E-state index in [2.05, 4.69) is 194 Å². The van der Waals surface area contributed by atoms with Gasteiger partial charge in [-0.05, 0) is 111 Å². The van der Waals surface area contributed by atoms with E-state index in [1.807, 2.05) is 0 Å². The predicted molar refractivity (Wildman–Crippen MR) is 216 cm³/mol. The Bertz CT molecular complexity index is 2880. The first-order valence-electron chi connectivity index (χ1n) is 17.9. The van der Waals surface area contributed by atoms with Gasteiger partial charge in [0.05, 0.1) is 5.41 Å². The van der Waals surface area contributed by atoms with Gasteiger partial charge in [-0.1, -0.05) is 182 Å². The summed E-state index contributed by atoms with van der Waals surface area (Å²) in [6.45, 7) is 0. The zero-order valence-corrected chi connectivity index (χ0v) is 28.0. The van der Waals surface area contributed by atoms with E-state index in [9.17, 15) is 0 Å². The first kappa shape index (κ1) is 28.3. The highest BCUT2D eigenvalue weighted by Crippen LogP contribution is 2.59. The molecule has 0 aromatic heterocycles. The molecule has 0 atom stereocenters. The van der Waals surface area contributed by atoms with Crippen molar-refractivity contribution < 1.29 is 0 Å². The van der Waals surface area contributed by atoms with Gasteiger partial charge in [-0.3, -0.25) is 0 Å². The largest absolute Gasteiger partial charge is 0.0714 e. The summed E-state index contributed by atoms with van der Waals surface area (Å²) >= 11 is 0. The molecule has 11 rings (SSSR count). The van der Waals surface area contributed by atoms with Gasteiger partial charge in [-0.15, -0.1) is 0 Å². The van der Waals surface area contributed by atoms with E-state index in [0.717, 1.165) is 0 Å². The topological polar surface area (TPSA) is 0 Å². The highest BCUT2D eigenvalue weighted by atomic mass is 14.5. The molecule has 0 heterocycles. The molecule has 10 aromatic rings. The van der Waals surface area contributed by atoms with Gasteiger partial charge in [-0.2, -0.15) is 0 Å². The summed E-state index contributed by atoms with van der Waals surface area (Å²) in [5, 5.41) is 10.4. The molecule has 0 saturated heterocycles. The summed E-state index contributed by atoms with van der Waals surface area (Å²) < 4.78 is 0. The molecule has 1 aliphatic carbocycles. The highest BCUT2D eigenvalue weighted by Gasteiger charge is 2.47. The van der Waals surface area contributed by atoms with Crippen LogP contribution in [0.1, 0.15) is 22.3 Å². The van der Waals surface area contributed by atoms with Crippen LogP contribution in [0, 0.1) is 0 Å². The van der Waals surface area contributed by atoms with Crippen LogP contribution in [0.5, 0.6) is 0 Å². The minimum Gasteiger partial charge on any atom is -0.0622 e. The van der Waals surface area contributed by atoms with Crippen molar-refractivity contribution in [3.63, 3.8) is 0 Å². The van der Waals surface area contributed by atoms with Crippen molar-refractivity contribution in [2.75, 3.05) is 0 Å². The van der Waals surface area contributed by atoms with Crippen LogP contribution in [0.2, 0.25) is 0 Å². The fourth-order valence-electron chi connectivity index (χ4n) is 9.38.